The van der Waals surface area contributed by atoms with E-state index in [1.54, 1.807) is 12.1 Å². The number of nitrogens with one attached hydrogen (secondary N) is 1. The van der Waals surface area contributed by atoms with Crippen molar-refractivity contribution in [2.45, 2.75) is 35.1 Å². The topological polar surface area (TPSA) is 143 Å². The van der Waals surface area contributed by atoms with Crippen LogP contribution < -0.4 is 9.70 Å². The van der Waals surface area contributed by atoms with E-state index in [1.165, 1.54) is 47.4 Å². The summed E-state index contributed by atoms with van der Waals surface area (Å²) < 4.78 is 66.9. The van der Waals surface area contributed by atoms with Gasteiger partial charge in [-0.15, -0.1) is 5.10 Å². The first-order valence-electron chi connectivity index (χ1n) is 9.41. The molecule has 1 aromatic heterocycles. The number of aromatic nitrogens is 1. The predicted molar refractivity (Wildman–Crippen MR) is 122 cm³/mol. The minimum absolute atomic E-state index is 0.180. The van der Waals surface area contributed by atoms with Crippen molar-refractivity contribution in [1.82, 2.24) is 4.57 Å². The number of hydrogen-bond donors (Lipinski definition) is 3. The van der Waals surface area contributed by atoms with Gasteiger partial charge in [0.1, 0.15) is 0 Å². The zero-order valence-corrected chi connectivity index (χ0v) is 20.1. The Morgan fingerprint density at radius 3 is 2.25 bits per heavy atom. The fourth-order valence-electron chi connectivity index (χ4n) is 3.38. The Morgan fingerprint density at radius 2 is 1.62 bits per heavy atom. The molecule has 1 unspecified atom stereocenters. The van der Waals surface area contributed by atoms with E-state index >= 15 is 0 Å². The lowest BCUT2D eigenvalue weighted by Crippen LogP contribution is -3.07. The normalized spacial score (nSPS) is 18.6. The minimum Gasteiger partial charge on any atom is -0.315 e. The Morgan fingerprint density at radius 1 is 0.969 bits per heavy atom. The Balaban J connectivity index is 1.79. The summed E-state index contributed by atoms with van der Waals surface area (Å²) in [4.78, 5) is 1.76. The van der Waals surface area contributed by atoms with Crippen LogP contribution in [0.15, 0.2) is 61.3 Å². The van der Waals surface area contributed by atoms with Crippen molar-refractivity contribution >= 4 is 64.4 Å². The van der Waals surface area contributed by atoms with E-state index in [2.05, 4.69) is 10.2 Å². The van der Waals surface area contributed by atoms with Gasteiger partial charge in [0, 0.05) is 12.6 Å². The highest BCUT2D eigenvalue weighted by Crippen LogP contribution is 2.32. The third-order valence-electron chi connectivity index (χ3n) is 4.89. The first kappa shape index (κ1) is 23.1. The van der Waals surface area contributed by atoms with Crippen molar-refractivity contribution < 1.29 is 30.8 Å². The quantitative estimate of drug-likeness (QED) is 0.347. The van der Waals surface area contributed by atoms with Gasteiger partial charge in [-0.3, -0.25) is 9.11 Å². The van der Waals surface area contributed by atoms with Crippen LogP contribution in [-0.4, -0.2) is 42.2 Å². The van der Waals surface area contributed by atoms with Crippen LogP contribution in [0.3, 0.4) is 0 Å². The van der Waals surface area contributed by atoms with Crippen molar-refractivity contribution in [3.8, 4) is 0 Å². The highest BCUT2D eigenvalue weighted by molar-refractivity contribution is 8.13. The second-order valence-corrected chi connectivity index (χ2v) is 11.7. The number of benzene rings is 2. The molecule has 0 spiro atoms. The van der Waals surface area contributed by atoms with Crippen LogP contribution in [0.25, 0.3) is 10.2 Å². The van der Waals surface area contributed by atoms with E-state index in [4.69, 9.17) is 0 Å². The van der Waals surface area contributed by atoms with Crippen molar-refractivity contribution in [3.05, 3.63) is 41.2 Å². The fraction of sp³-hybridized carbons (Fsp3) is 0.222. The fourth-order valence-corrected chi connectivity index (χ4v) is 6.79. The molecular weight excluding hydrogens is 496 g/mol. The molecule has 0 aliphatic carbocycles. The zero-order chi connectivity index (χ0) is 23.3. The van der Waals surface area contributed by atoms with E-state index < -0.39 is 20.2 Å². The summed E-state index contributed by atoms with van der Waals surface area (Å²) in [6.45, 7) is 5.11. The maximum Gasteiger partial charge on any atom is 0.294 e. The minimum atomic E-state index is -4.31. The second-order valence-electron chi connectivity index (χ2n) is 6.81. The van der Waals surface area contributed by atoms with Crippen LogP contribution in [-0.2, 0) is 26.8 Å². The summed E-state index contributed by atoms with van der Waals surface area (Å²) in [6, 6.07) is 8.77. The van der Waals surface area contributed by atoms with E-state index in [0.29, 0.717) is 32.7 Å². The van der Waals surface area contributed by atoms with Gasteiger partial charge < -0.3 is 4.57 Å². The Hall–Kier alpha value is -2.07. The molecule has 3 N–H and O–H groups in total. The molecule has 0 radical (unpaired) electrons. The van der Waals surface area contributed by atoms with E-state index in [-0.39, 0.29) is 9.79 Å². The van der Waals surface area contributed by atoms with Crippen LogP contribution in [0.1, 0.15) is 13.8 Å². The van der Waals surface area contributed by atoms with E-state index in [0.717, 1.165) is 16.1 Å². The third kappa shape index (κ3) is 4.26. The van der Waals surface area contributed by atoms with Crippen molar-refractivity contribution in [1.29, 1.82) is 0 Å². The van der Waals surface area contributed by atoms with Crippen LogP contribution in [0.5, 0.6) is 0 Å². The van der Waals surface area contributed by atoms with Crippen molar-refractivity contribution in [2.24, 2.45) is 10.2 Å². The molecule has 1 aliphatic heterocycles. The molecule has 170 valence electrons. The Kier molecular flexibility index (Phi) is 6.04. The summed E-state index contributed by atoms with van der Waals surface area (Å²) in [5.74, 6) is 0. The largest absolute Gasteiger partial charge is 0.315 e. The van der Waals surface area contributed by atoms with Crippen LogP contribution in [0.2, 0.25) is 0 Å². The summed E-state index contributed by atoms with van der Waals surface area (Å²) in [5.41, 5.74) is 1.61. The maximum atomic E-state index is 11.5. The van der Waals surface area contributed by atoms with Crippen molar-refractivity contribution in [2.75, 3.05) is 6.54 Å². The number of rotatable bonds is 5. The number of aryl methyl sites for hydroxylation is 1. The number of thioether (sulfide) groups is 1. The molecule has 0 saturated heterocycles. The van der Waals surface area contributed by atoms with Gasteiger partial charge in [0.2, 0.25) is 4.80 Å². The summed E-state index contributed by atoms with van der Waals surface area (Å²) >= 11 is 2.51. The molecule has 1 atom stereocenters. The van der Waals surface area contributed by atoms with Crippen LogP contribution >= 0.6 is 23.1 Å². The number of amidine groups is 1. The molecule has 10 nitrogen and oxygen atoms in total. The Labute approximate surface area is 192 Å². The van der Waals surface area contributed by atoms with Gasteiger partial charge in [-0.25, -0.2) is 4.90 Å². The summed E-state index contributed by atoms with van der Waals surface area (Å²) in [5, 5.41) is 9.41. The van der Waals surface area contributed by atoms with Gasteiger partial charge in [0.25, 0.3) is 25.4 Å². The summed E-state index contributed by atoms with van der Waals surface area (Å²) in [6.07, 6.45) is 0. The lowest BCUT2D eigenvalue weighted by atomic mass is 10.3. The molecule has 0 bridgehead atoms. The lowest BCUT2D eigenvalue weighted by molar-refractivity contribution is -0.724. The lowest BCUT2D eigenvalue weighted by Gasteiger charge is -2.08. The molecule has 2 aromatic carbocycles. The van der Waals surface area contributed by atoms with E-state index in [1.807, 2.05) is 18.4 Å². The molecule has 32 heavy (non-hydrogen) atoms. The highest BCUT2D eigenvalue weighted by Gasteiger charge is 2.33. The van der Waals surface area contributed by atoms with Crippen molar-refractivity contribution in [3.63, 3.8) is 0 Å². The van der Waals surface area contributed by atoms with Crippen LogP contribution in [0, 0.1) is 0 Å². The number of thiazole rings is 1. The number of fused-ring (bicyclic) bond motifs is 2. The molecule has 0 saturated carbocycles. The van der Waals surface area contributed by atoms with Gasteiger partial charge in [-0.05, 0) is 55.9 Å². The molecule has 2 heterocycles. The zero-order valence-electron chi connectivity index (χ0n) is 16.9. The van der Waals surface area contributed by atoms with Crippen LogP contribution in [0.4, 0.5) is 5.69 Å². The molecule has 0 fully saturated rings. The SMILES string of the molecule is CCn1c(=NN=C2Sc3cc(S(=O)(=O)O)ccc3[NH+]2CC)sc2cc(S(=O)(=O)O)ccc21. The molecular formula is C18H19N4O6S4+. The average molecular weight is 516 g/mol. The second kappa shape index (κ2) is 8.37. The third-order valence-corrected chi connectivity index (χ3v) is 8.70. The van der Waals surface area contributed by atoms with Gasteiger partial charge in [-0.1, -0.05) is 16.4 Å². The average Bonchev–Trinajstić information content (AvgIpc) is 3.26. The van der Waals surface area contributed by atoms with Gasteiger partial charge >= 0.3 is 0 Å². The first-order valence-corrected chi connectivity index (χ1v) is 13.9. The number of hydrogen-bond acceptors (Lipinski definition) is 8. The summed E-state index contributed by atoms with van der Waals surface area (Å²) in [7, 11) is -8.62. The van der Waals surface area contributed by atoms with Gasteiger partial charge in [-0.2, -0.15) is 16.8 Å². The highest BCUT2D eigenvalue weighted by atomic mass is 32.2. The first-order chi connectivity index (χ1) is 15.0. The van der Waals surface area contributed by atoms with E-state index in [9.17, 15) is 25.9 Å². The molecule has 0 amide bonds. The standard InChI is InChI=1S/C18H18N4O6S4/c1-3-21-13-7-5-11(31(23,24)25)9-15(13)29-17(21)19-20-18-22(4-2)14-8-6-12(32(26,27)28)10-16(14)30-18/h5-10H,3-4H2,1-2H3,(H,23,24,25)(H,26,27,28)/p+1. The Bertz CT molecular complexity index is 1540. The molecule has 4 rings (SSSR count). The number of quaternary nitrogens is 1. The van der Waals surface area contributed by atoms with Gasteiger partial charge in [0.05, 0.1) is 31.4 Å². The maximum absolute atomic E-state index is 11.5. The predicted octanol–water partition coefficient (Wildman–Crippen LogP) is 1.73. The molecule has 14 heteroatoms. The van der Waals surface area contributed by atoms with Gasteiger partial charge in [0.15, 0.2) is 5.69 Å². The smallest absolute Gasteiger partial charge is 0.294 e. The molecule has 3 aromatic rings. The number of nitrogens with zero attached hydrogens (tertiary/aromatic N) is 3. The monoisotopic (exact) mass is 515 g/mol. The molecule has 1 aliphatic rings.